The molecule has 0 radical (unpaired) electrons. The molecule has 0 fully saturated rings. The summed E-state index contributed by atoms with van der Waals surface area (Å²) in [7, 11) is 0. The first-order valence-corrected chi connectivity index (χ1v) is 11.6. The summed E-state index contributed by atoms with van der Waals surface area (Å²) in [5, 5.41) is 3.84. The van der Waals surface area contributed by atoms with E-state index in [9.17, 15) is 9.59 Å². The van der Waals surface area contributed by atoms with Gasteiger partial charge in [-0.25, -0.2) is 0 Å². The van der Waals surface area contributed by atoms with Crippen LogP contribution >= 0.6 is 23.2 Å². The number of rotatable bonds is 10. The third-order valence-electron chi connectivity index (χ3n) is 5.21. The molecule has 0 saturated carbocycles. The molecule has 6 heteroatoms. The Hall–Kier alpha value is -2.04. The molecule has 0 saturated heterocycles. The predicted molar refractivity (Wildman–Crippen MR) is 129 cm³/mol. The standard InChI is InChI=1S/C25H32Cl2N2O2/c1-5-18-7-9-19(10-8-18)12-14-24(30)29(23(6-2)25(31)28-17(3)4)16-20-11-13-21(26)22(27)15-20/h7-11,13,15,17,23H,5-6,12,14,16H2,1-4H3,(H,28,31)/t23-/m1/s1. The second-order valence-electron chi connectivity index (χ2n) is 8.03. The number of carbonyl (C=O) groups excluding carboxylic acids is 2. The summed E-state index contributed by atoms with van der Waals surface area (Å²) < 4.78 is 0. The maximum absolute atomic E-state index is 13.3. The van der Waals surface area contributed by atoms with Crippen LogP contribution in [0.2, 0.25) is 10.0 Å². The number of nitrogens with zero attached hydrogens (tertiary/aromatic N) is 1. The first kappa shape index (κ1) is 25.2. The topological polar surface area (TPSA) is 49.4 Å². The lowest BCUT2D eigenvalue weighted by atomic mass is 10.0. The van der Waals surface area contributed by atoms with E-state index in [0.29, 0.717) is 35.9 Å². The number of nitrogens with one attached hydrogen (secondary N) is 1. The maximum atomic E-state index is 13.3. The van der Waals surface area contributed by atoms with Gasteiger partial charge in [0, 0.05) is 19.0 Å². The van der Waals surface area contributed by atoms with Gasteiger partial charge in [-0.2, -0.15) is 0 Å². The van der Waals surface area contributed by atoms with Crippen LogP contribution in [0.25, 0.3) is 0 Å². The predicted octanol–water partition coefficient (Wildman–Crippen LogP) is 5.82. The molecule has 168 valence electrons. The first-order chi connectivity index (χ1) is 14.7. The lowest BCUT2D eigenvalue weighted by Crippen LogP contribution is -2.50. The highest BCUT2D eigenvalue weighted by Gasteiger charge is 2.28. The molecule has 2 aromatic rings. The fraction of sp³-hybridized carbons (Fsp3) is 0.440. The summed E-state index contributed by atoms with van der Waals surface area (Å²) in [4.78, 5) is 27.8. The van der Waals surface area contributed by atoms with E-state index in [4.69, 9.17) is 23.2 Å². The Bertz CT molecular complexity index is 882. The lowest BCUT2D eigenvalue weighted by molar-refractivity contribution is -0.141. The fourth-order valence-electron chi connectivity index (χ4n) is 3.47. The van der Waals surface area contributed by atoms with Crippen molar-refractivity contribution in [1.82, 2.24) is 10.2 Å². The lowest BCUT2D eigenvalue weighted by Gasteiger charge is -2.31. The molecule has 1 atom stereocenters. The molecule has 1 N–H and O–H groups in total. The van der Waals surface area contributed by atoms with E-state index in [1.54, 1.807) is 17.0 Å². The van der Waals surface area contributed by atoms with Crippen LogP contribution in [0.4, 0.5) is 0 Å². The van der Waals surface area contributed by atoms with Gasteiger partial charge in [-0.1, -0.05) is 67.4 Å². The van der Waals surface area contributed by atoms with Crippen LogP contribution in [0.5, 0.6) is 0 Å². The quantitative estimate of drug-likeness (QED) is 0.483. The van der Waals surface area contributed by atoms with Crippen LogP contribution in [-0.2, 0) is 29.0 Å². The van der Waals surface area contributed by atoms with Crippen molar-refractivity contribution in [2.45, 2.75) is 72.0 Å². The van der Waals surface area contributed by atoms with E-state index >= 15 is 0 Å². The number of aryl methyl sites for hydroxylation is 2. The molecule has 2 amide bonds. The summed E-state index contributed by atoms with van der Waals surface area (Å²) in [5.74, 6) is -0.199. The van der Waals surface area contributed by atoms with Crippen molar-refractivity contribution in [2.75, 3.05) is 0 Å². The monoisotopic (exact) mass is 462 g/mol. The van der Waals surface area contributed by atoms with Crippen LogP contribution in [0.15, 0.2) is 42.5 Å². The van der Waals surface area contributed by atoms with Crippen LogP contribution in [0, 0.1) is 0 Å². The van der Waals surface area contributed by atoms with Crippen LogP contribution in [-0.4, -0.2) is 28.8 Å². The highest BCUT2D eigenvalue weighted by atomic mass is 35.5. The second kappa shape index (κ2) is 12.1. The molecule has 0 aliphatic carbocycles. The third-order valence-corrected chi connectivity index (χ3v) is 5.95. The molecule has 31 heavy (non-hydrogen) atoms. The Labute approximate surface area is 195 Å². The summed E-state index contributed by atoms with van der Waals surface area (Å²) >= 11 is 12.2. The Morgan fingerprint density at radius 1 is 0.935 bits per heavy atom. The fourth-order valence-corrected chi connectivity index (χ4v) is 3.79. The average molecular weight is 463 g/mol. The molecule has 0 aromatic heterocycles. The molecular formula is C25H32Cl2N2O2. The normalized spacial score (nSPS) is 12.0. The van der Waals surface area contributed by atoms with E-state index in [-0.39, 0.29) is 17.9 Å². The van der Waals surface area contributed by atoms with Gasteiger partial charge in [0.2, 0.25) is 11.8 Å². The van der Waals surface area contributed by atoms with E-state index in [1.807, 2.05) is 26.8 Å². The largest absolute Gasteiger partial charge is 0.352 e. The van der Waals surface area contributed by atoms with Gasteiger partial charge < -0.3 is 10.2 Å². The van der Waals surface area contributed by atoms with Crippen molar-refractivity contribution in [2.24, 2.45) is 0 Å². The van der Waals surface area contributed by atoms with E-state index in [0.717, 1.165) is 17.5 Å². The van der Waals surface area contributed by atoms with Gasteiger partial charge >= 0.3 is 0 Å². The summed E-state index contributed by atoms with van der Waals surface area (Å²) in [6.45, 7) is 8.16. The Balaban J connectivity index is 2.21. The molecule has 0 aliphatic rings. The molecule has 2 aromatic carbocycles. The number of halogens is 2. The highest BCUT2D eigenvalue weighted by Crippen LogP contribution is 2.24. The molecule has 4 nitrogen and oxygen atoms in total. The maximum Gasteiger partial charge on any atom is 0.243 e. The van der Waals surface area contributed by atoms with Gasteiger partial charge in [-0.3, -0.25) is 9.59 Å². The molecule has 0 spiro atoms. The van der Waals surface area contributed by atoms with E-state index in [1.165, 1.54) is 5.56 Å². The van der Waals surface area contributed by atoms with Crippen LogP contribution < -0.4 is 5.32 Å². The summed E-state index contributed by atoms with van der Waals surface area (Å²) in [6.07, 6.45) is 2.47. The first-order valence-electron chi connectivity index (χ1n) is 10.9. The zero-order valence-electron chi connectivity index (χ0n) is 18.8. The molecule has 2 rings (SSSR count). The van der Waals surface area contributed by atoms with Gasteiger partial charge in [0.1, 0.15) is 6.04 Å². The second-order valence-corrected chi connectivity index (χ2v) is 8.84. The van der Waals surface area contributed by atoms with Crippen molar-refractivity contribution in [3.8, 4) is 0 Å². The van der Waals surface area contributed by atoms with Crippen molar-refractivity contribution < 1.29 is 9.59 Å². The van der Waals surface area contributed by atoms with Crippen molar-refractivity contribution in [3.63, 3.8) is 0 Å². The van der Waals surface area contributed by atoms with Gasteiger partial charge in [0.25, 0.3) is 0 Å². The Kier molecular flexibility index (Phi) is 9.86. The zero-order chi connectivity index (χ0) is 23.0. The average Bonchev–Trinajstić information content (AvgIpc) is 2.74. The minimum absolute atomic E-state index is 0.000517. The number of benzene rings is 2. The van der Waals surface area contributed by atoms with E-state index in [2.05, 4.69) is 36.5 Å². The minimum atomic E-state index is -0.549. The molecule has 0 unspecified atom stereocenters. The highest BCUT2D eigenvalue weighted by molar-refractivity contribution is 6.42. The number of hydrogen-bond donors (Lipinski definition) is 1. The zero-order valence-corrected chi connectivity index (χ0v) is 20.3. The minimum Gasteiger partial charge on any atom is -0.352 e. The molecular weight excluding hydrogens is 431 g/mol. The third kappa shape index (κ3) is 7.55. The summed E-state index contributed by atoms with van der Waals surface area (Å²) in [6, 6.07) is 13.1. The van der Waals surface area contributed by atoms with Crippen molar-refractivity contribution in [3.05, 3.63) is 69.2 Å². The Morgan fingerprint density at radius 2 is 1.55 bits per heavy atom. The number of amides is 2. The Morgan fingerprint density at radius 3 is 2.10 bits per heavy atom. The van der Waals surface area contributed by atoms with Gasteiger partial charge in [-0.15, -0.1) is 0 Å². The van der Waals surface area contributed by atoms with Gasteiger partial charge in [0.15, 0.2) is 0 Å². The SMILES string of the molecule is CCc1ccc(CCC(=O)N(Cc2ccc(Cl)c(Cl)c2)[C@H](CC)C(=O)NC(C)C)cc1. The summed E-state index contributed by atoms with van der Waals surface area (Å²) in [5.41, 5.74) is 3.22. The smallest absolute Gasteiger partial charge is 0.243 e. The van der Waals surface area contributed by atoms with Crippen molar-refractivity contribution >= 4 is 35.0 Å². The van der Waals surface area contributed by atoms with Gasteiger partial charge in [0.05, 0.1) is 10.0 Å². The number of carbonyl (C=O) groups is 2. The number of hydrogen-bond acceptors (Lipinski definition) is 2. The van der Waals surface area contributed by atoms with Crippen molar-refractivity contribution in [1.29, 1.82) is 0 Å². The van der Waals surface area contributed by atoms with E-state index < -0.39 is 6.04 Å². The van der Waals surface area contributed by atoms with Crippen LogP contribution in [0.3, 0.4) is 0 Å². The molecule has 0 heterocycles. The van der Waals surface area contributed by atoms with Gasteiger partial charge in [-0.05, 0) is 61.9 Å². The van der Waals surface area contributed by atoms with Crippen LogP contribution in [0.1, 0.15) is 57.2 Å². The molecule has 0 bridgehead atoms. The molecule has 0 aliphatic heterocycles.